The topological polar surface area (TPSA) is 32.7 Å². The number of aliphatic hydroxyl groups is 1. The molecular formula is C8H15NO2. The maximum Gasteiger partial charge on any atom is 0.0639 e. The van der Waals surface area contributed by atoms with Crippen LogP contribution in [0.4, 0.5) is 0 Å². The van der Waals surface area contributed by atoms with Gasteiger partial charge in [0.2, 0.25) is 0 Å². The molecule has 0 aromatic heterocycles. The molecule has 1 unspecified atom stereocenters. The molecule has 0 aromatic rings. The molecule has 0 bridgehead atoms. The van der Waals surface area contributed by atoms with Crippen molar-refractivity contribution in [1.82, 2.24) is 4.90 Å². The summed E-state index contributed by atoms with van der Waals surface area (Å²) >= 11 is 0. The van der Waals surface area contributed by atoms with Gasteiger partial charge in [-0.15, -0.1) is 0 Å². The lowest BCUT2D eigenvalue weighted by Crippen LogP contribution is -2.66. The fourth-order valence-corrected chi connectivity index (χ4v) is 1.98. The van der Waals surface area contributed by atoms with Gasteiger partial charge in [-0.2, -0.15) is 0 Å². The minimum absolute atomic E-state index is 0.187. The van der Waals surface area contributed by atoms with E-state index in [9.17, 15) is 0 Å². The zero-order chi connectivity index (χ0) is 7.90. The molecule has 0 aliphatic carbocycles. The molecule has 2 aliphatic heterocycles. The van der Waals surface area contributed by atoms with Crippen LogP contribution >= 0.6 is 0 Å². The van der Waals surface area contributed by atoms with E-state index < -0.39 is 0 Å². The third-order valence-corrected chi connectivity index (χ3v) is 2.46. The summed E-state index contributed by atoms with van der Waals surface area (Å²) in [5, 5.41) is 9.08. The van der Waals surface area contributed by atoms with Crippen molar-refractivity contribution in [3.8, 4) is 0 Å². The van der Waals surface area contributed by atoms with Crippen LogP contribution in [0.25, 0.3) is 0 Å². The molecule has 3 nitrogen and oxygen atoms in total. The molecule has 2 heterocycles. The maximum atomic E-state index is 9.08. The predicted octanol–water partition coefficient (Wildman–Crippen LogP) is -0.301. The highest BCUT2D eigenvalue weighted by molar-refractivity contribution is 4.99. The van der Waals surface area contributed by atoms with Gasteiger partial charge in [0, 0.05) is 25.0 Å². The Morgan fingerprint density at radius 3 is 2.55 bits per heavy atom. The standard InChI is InChI=1S/C8H15NO2/c1-7(10)2-9-3-8(4-9)5-11-6-8/h7,10H,2-6H2,1H3. The van der Waals surface area contributed by atoms with Crippen molar-refractivity contribution in [1.29, 1.82) is 0 Å². The van der Waals surface area contributed by atoms with Gasteiger partial charge in [-0.25, -0.2) is 0 Å². The van der Waals surface area contributed by atoms with Gasteiger partial charge in [0.15, 0.2) is 0 Å². The molecule has 0 radical (unpaired) electrons. The summed E-state index contributed by atoms with van der Waals surface area (Å²) in [5.74, 6) is 0. The first kappa shape index (κ1) is 7.53. The van der Waals surface area contributed by atoms with Crippen LogP contribution in [0, 0.1) is 5.41 Å². The number of hydrogen-bond donors (Lipinski definition) is 1. The summed E-state index contributed by atoms with van der Waals surface area (Å²) in [6, 6.07) is 0. The zero-order valence-corrected chi connectivity index (χ0v) is 6.92. The van der Waals surface area contributed by atoms with E-state index in [4.69, 9.17) is 9.84 Å². The SMILES string of the molecule is CC(O)CN1CC2(COC2)C1. The van der Waals surface area contributed by atoms with Crippen LogP contribution in [0.5, 0.6) is 0 Å². The van der Waals surface area contributed by atoms with E-state index in [1.807, 2.05) is 6.92 Å². The normalized spacial score (nSPS) is 31.1. The predicted molar refractivity (Wildman–Crippen MR) is 41.4 cm³/mol. The molecule has 0 saturated carbocycles. The molecule has 2 rings (SSSR count). The molecule has 0 aromatic carbocycles. The Morgan fingerprint density at radius 1 is 1.55 bits per heavy atom. The Labute approximate surface area is 66.9 Å². The van der Waals surface area contributed by atoms with Crippen LogP contribution in [0.15, 0.2) is 0 Å². The number of hydrogen-bond acceptors (Lipinski definition) is 3. The molecule has 2 aliphatic rings. The van der Waals surface area contributed by atoms with Crippen molar-refractivity contribution in [3.05, 3.63) is 0 Å². The summed E-state index contributed by atoms with van der Waals surface area (Å²) < 4.78 is 5.14. The smallest absolute Gasteiger partial charge is 0.0639 e. The number of likely N-dealkylation sites (tertiary alicyclic amines) is 1. The molecule has 2 saturated heterocycles. The van der Waals surface area contributed by atoms with Crippen LogP contribution in [0.1, 0.15) is 6.92 Å². The highest BCUT2D eigenvalue weighted by atomic mass is 16.5. The first-order chi connectivity index (χ1) is 5.20. The van der Waals surface area contributed by atoms with Crippen molar-refractivity contribution >= 4 is 0 Å². The molecule has 1 atom stereocenters. The highest BCUT2D eigenvalue weighted by Crippen LogP contribution is 2.37. The van der Waals surface area contributed by atoms with Crippen LogP contribution in [-0.2, 0) is 4.74 Å². The van der Waals surface area contributed by atoms with Gasteiger partial charge >= 0.3 is 0 Å². The number of ether oxygens (including phenoxy) is 1. The molecule has 1 N–H and O–H groups in total. The van der Waals surface area contributed by atoms with E-state index in [1.165, 1.54) is 0 Å². The van der Waals surface area contributed by atoms with E-state index in [2.05, 4.69) is 4.90 Å². The van der Waals surface area contributed by atoms with E-state index in [0.717, 1.165) is 32.8 Å². The van der Waals surface area contributed by atoms with Gasteiger partial charge in [-0.1, -0.05) is 0 Å². The van der Waals surface area contributed by atoms with Gasteiger partial charge in [0.25, 0.3) is 0 Å². The van der Waals surface area contributed by atoms with Crippen molar-refractivity contribution in [2.24, 2.45) is 5.41 Å². The molecule has 11 heavy (non-hydrogen) atoms. The molecule has 3 heteroatoms. The second-order valence-corrected chi connectivity index (χ2v) is 4.01. The third-order valence-electron chi connectivity index (χ3n) is 2.46. The Kier molecular flexibility index (Phi) is 1.67. The lowest BCUT2D eigenvalue weighted by atomic mass is 9.78. The monoisotopic (exact) mass is 157 g/mol. The van der Waals surface area contributed by atoms with Crippen LogP contribution in [0.3, 0.4) is 0 Å². The number of aliphatic hydroxyl groups excluding tert-OH is 1. The summed E-state index contributed by atoms with van der Waals surface area (Å²) in [6.07, 6.45) is -0.187. The van der Waals surface area contributed by atoms with Crippen LogP contribution in [0.2, 0.25) is 0 Å². The molecule has 1 spiro atoms. The van der Waals surface area contributed by atoms with E-state index in [-0.39, 0.29) is 6.10 Å². The van der Waals surface area contributed by atoms with E-state index in [1.54, 1.807) is 0 Å². The summed E-state index contributed by atoms with van der Waals surface area (Å²) in [4.78, 5) is 2.28. The van der Waals surface area contributed by atoms with Gasteiger partial charge in [-0.3, -0.25) is 4.90 Å². The maximum absolute atomic E-state index is 9.08. The molecule has 0 amide bonds. The third kappa shape index (κ3) is 1.28. The number of nitrogens with zero attached hydrogens (tertiary/aromatic N) is 1. The fraction of sp³-hybridized carbons (Fsp3) is 1.00. The molecular weight excluding hydrogens is 142 g/mol. The minimum Gasteiger partial charge on any atom is -0.392 e. The largest absolute Gasteiger partial charge is 0.392 e. The fourth-order valence-electron chi connectivity index (χ4n) is 1.98. The van der Waals surface area contributed by atoms with Gasteiger partial charge in [0.1, 0.15) is 0 Å². The first-order valence-corrected chi connectivity index (χ1v) is 4.18. The Balaban J connectivity index is 1.71. The van der Waals surface area contributed by atoms with Crippen LogP contribution < -0.4 is 0 Å². The van der Waals surface area contributed by atoms with Crippen molar-refractivity contribution < 1.29 is 9.84 Å². The number of rotatable bonds is 2. The lowest BCUT2D eigenvalue weighted by Gasteiger charge is -2.55. The average molecular weight is 157 g/mol. The van der Waals surface area contributed by atoms with E-state index >= 15 is 0 Å². The second kappa shape index (κ2) is 2.44. The highest BCUT2D eigenvalue weighted by Gasteiger charge is 2.48. The number of β-amino-alcohol motifs (C(OH)–C–C–N with tert-alkyl or cyclic N) is 1. The Bertz CT molecular complexity index is 146. The lowest BCUT2D eigenvalue weighted by molar-refractivity contribution is -0.192. The molecule has 2 fully saturated rings. The van der Waals surface area contributed by atoms with Crippen molar-refractivity contribution in [2.45, 2.75) is 13.0 Å². The van der Waals surface area contributed by atoms with E-state index in [0.29, 0.717) is 5.41 Å². The first-order valence-electron chi connectivity index (χ1n) is 4.18. The summed E-state index contributed by atoms with van der Waals surface area (Å²) in [5.41, 5.74) is 0.495. The minimum atomic E-state index is -0.187. The second-order valence-electron chi connectivity index (χ2n) is 4.01. The zero-order valence-electron chi connectivity index (χ0n) is 6.92. The average Bonchev–Trinajstić information content (AvgIpc) is 1.71. The van der Waals surface area contributed by atoms with Crippen LogP contribution in [-0.4, -0.2) is 49.0 Å². The summed E-state index contributed by atoms with van der Waals surface area (Å²) in [6.45, 7) is 6.77. The van der Waals surface area contributed by atoms with Gasteiger partial charge in [0.05, 0.1) is 19.3 Å². The van der Waals surface area contributed by atoms with Gasteiger partial charge in [-0.05, 0) is 6.92 Å². The van der Waals surface area contributed by atoms with Crippen molar-refractivity contribution in [3.63, 3.8) is 0 Å². The Morgan fingerprint density at radius 2 is 2.18 bits per heavy atom. The Hall–Kier alpha value is -0.120. The molecule has 64 valence electrons. The van der Waals surface area contributed by atoms with Gasteiger partial charge < -0.3 is 9.84 Å². The van der Waals surface area contributed by atoms with Crippen molar-refractivity contribution in [2.75, 3.05) is 32.8 Å². The summed E-state index contributed by atoms with van der Waals surface area (Å²) in [7, 11) is 0. The quantitative estimate of drug-likeness (QED) is 0.597.